The Bertz CT molecular complexity index is 1640. The van der Waals surface area contributed by atoms with E-state index in [0.717, 1.165) is 39.8 Å². The van der Waals surface area contributed by atoms with E-state index in [0.29, 0.717) is 18.9 Å². The number of hydrogen-bond donors (Lipinski definition) is 1. The van der Waals surface area contributed by atoms with E-state index in [1.54, 1.807) is 17.1 Å². The third-order valence-corrected chi connectivity index (χ3v) is 5.94. The van der Waals surface area contributed by atoms with Crippen molar-refractivity contribution in [1.29, 1.82) is 0 Å². The number of nitrogens with zero attached hydrogens (tertiary/aromatic N) is 10. The molecule has 0 fully saturated rings. The minimum absolute atomic E-state index is 0.496. The molecule has 11 heteroatoms. The number of aromatic nitrogens is 10. The van der Waals surface area contributed by atoms with Crippen LogP contribution < -0.4 is 5.32 Å². The number of aryl methyl sites for hydroxylation is 4. The van der Waals surface area contributed by atoms with Gasteiger partial charge in [0.25, 0.3) is 0 Å². The minimum Gasteiger partial charge on any atom is -0.309 e. The van der Waals surface area contributed by atoms with Crippen LogP contribution in [0.2, 0.25) is 0 Å². The quantitative estimate of drug-likeness (QED) is 0.372. The maximum absolute atomic E-state index is 4.64. The van der Waals surface area contributed by atoms with Crippen molar-refractivity contribution in [3.8, 4) is 22.5 Å². The molecule has 1 aromatic carbocycles. The third kappa shape index (κ3) is 4.29. The second kappa shape index (κ2) is 9.02. The van der Waals surface area contributed by atoms with Crippen LogP contribution in [0.15, 0.2) is 73.3 Å². The zero-order chi connectivity index (χ0) is 24.5. The molecule has 36 heavy (non-hydrogen) atoms. The van der Waals surface area contributed by atoms with E-state index >= 15 is 0 Å². The molecule has 0 aliphatic carbocycles. The molecular weight excluding hydrogens is 454 g/mol. The zero-order valence-corrected chi connectivity index (χ0v) is 19.8. The van der Waals surface area contributed by atoms with Gasteiger partial charge in [0.2, 0.25) is 5.95 Å². The van der Waals surface area contributed by atoms with Crippen LogP contribution >= 0.6 is 0 Å². The van der Waals surface area contributed by atoms with Crippen molar-refractivity contribution < 1.29 is 0 Å². The van der Waals surface area contributed by atoms with Crippen molar-refractivity contribution in [2.45, 2.75) is 19.9 Å². The normalized spacial score (nSPS) is 11.3. The van der Waals surface area contributed by atoms with Crippen LogP contribution in [0, 0.1) is 6.92 Å². The topological polar surface area (TPSA) is 117 Å². The highest BCUT2D eigenvalue weighted by Gasteiger charge is 2.11. The Morgan fingerprint density at radius 3 is 2.61 bits per heavy atom. The summed E-state index contributed by atoms with van der Waals surface area (Å²) in [6.45, 7) is 2.72. The van der Waals surface area contributed by atoms with Gasteiger partial charge in [-0.05, 0) is 25.1 Å². The summed E-state index contributed by atoms with van der Waals surface area (Å²) in [6.07, 6.45) is 8.04. The molecule has 0 aliphatic rings. The Balaban J connectivity index is 1.17. The highest BCUT2D eigenvalue weighted by Crippen LogP contribution is 2.21. The van der Waals surface area contributed by atoms with Crippen LogP contribution in [0.25, 0.3) is 28.2 Å². The maximum Gasteiger partial charge on any atom is 0.228 e. The predicted octanol–water partition coefficient (Wildman–Crippen LogP) is 3.47. The number of hydrogen-bond acceptors (Lipinski definition) is 8. The molecule has 0 unspecified atom stereocenters. The molecule has 0 radical (unpaired) electrons. The van der Waals surface area contributed by atoms with E-state index in [4.69, 9.17) is 0 Å². The molecule has 6 rings (SSSR count). The van der Waals surface area contributed by atoms with E-state index in [-0.39, 0.29) is 0 Å². The van der Waals surface area contributed by atoms with E-state index < -0.39 is 0 Å². The lowest BCUT2D eigenvalue weighted by Gasteiger charge is -2.07. The van der Waals surface area contributed by atoms with Crippen LogP contribution in [0.4, 0.5) is 11.8 Å². The van der Waals surface area contributed by atoms with Crippen LogP contribution in [0.5, 0.6) is 0 Å². The molecule has 1 N–H and O–H groups in total. The van der Waals surface area contributed by atoms with Gasteiger partial charge in [-0.3, -0.25) is 13.8 Å². The molecule has 0 atom stereocenters. The van der Waals surface area contributed by atoms with Gasteiger partial charge in [0, 0.05) is 49.6 Å². The van der Waals surface area contributed by atoms with Gasteiger partial charge in [-0.15, -0.1) is 15.3 Å². The van der Waals surface area contributed by atoms with Gasteiger partial charge < -0.3 is 5.32 Å². The second-order valence-corrected chi connectivity index (χ2v) is 8.47. The van der Waals surface area contributed by atoms with Crippen LogP contribution in [0.3, 0.4) is 0 Å². The number of rotatable bonds is 7. The standard InChI is InChI=1S/C25H23N11/c1-17-3-5-18(6-4-17)21-16-35(33-30-21)13-10-23-31-32-24-15-19(9-14-36(23)24)20-7-11-26-25(28-20)29-22-8-12-27-34(22)2/h3-9,11-12,14-16H,10,13H2,1-2H3,(H,26,28,29). The van der Waals surface area contributed by atoms with Crippen molar-refractivity contribution in [1.82, 2.24) is 49.3 Å². The minimum atomic E-state index is 0.496. The van der Waals surface area contributed by atoms with Gasteiger partial charge in [0.1, 0.15) is 17.3 Å². The average molecular weight is 478 g/mol. The van der Waals surface area contributed by atoms with Crippen molar-refractivity contribution in [2.24, 2.45) is 7.05 Å². The highest BCUT2D eigenvalue weighted by molar-refractivity contribution is 5.65. The lowest BCUT2D eigenvalue weighted by Crippen LogP contribution is -2.05. The van der Waals surface area contributed by atoms with Crippen molar-refractivity contribution in [3.05, 3.63) is 84.7 Å². The Kier molecular flexibility index (Phi) is 5.41. The molecule has 5 aromatic heterocycles. The largest absolute Gasteiger partial charge is 0.309 e. The molecule has 11 nitrogen and oxygen atoms in total. The smallest absolute Gasteiger partial charge is 0.228 e. The lowest BCUT2D eigenvalue weighted by molar-refractivity contribution is 0.575. The van der Waals surface area contributed by atoms with Crippen LogP contribution in [-0.4, -0.2) is 49.3 Å². The number of fused-ring (bicyclic) bond motifs is 1. The molecule has 6 aromatic rings. The monoisotopic (exact) mass is 477 g/mol. The van der Waals surface area contributed by atoms with Gasteiger partial charge in [-0.1, -0.05) is 35.0 Å². The van der Waals surface area contributed by atoms with Gasteiger partial charge in [0.15, 0.2) is 5.65 Å². The summed E-state index contributed by atoms with van der Waals surface area (Å²) >= 11 is 0. The summed E-state index contributed by atoms with van der Waals surface area (Å²) in [4.78, 5) is 8.96. The number of benzene rings is 1. The summed E-state index contributed by atoms with van der Waals surface area (Å²) in [5.74, 6) is 2.16. The van der Waals surface area contributed by atoms with E-state index in [1.165, 1.54) is 5.56 Å². The predicted molar refractivity (Wildman–Crippen MR) is 134 cm³/mol. The highest BCUT2D eigenvalue weighted by atomic mass is 15.4. The molecule has 178 valence electrons. The molecule has 5 heterocycles. The fraction of sp³-hybridized carbons (Fsp3) is 0.160. The first-order valence-corrected chi connectivity index (χ1v) is 11.5. The van der Waals surface area contributed by atoms with Gasteiger partial charge in [-0.25, -0.2) is 9.97 Å². The first kappa shape index (κ1) is 21.6. The van der Waals surface area contributed by atoms with Crippen molar-refractivity contribution in [2.75, 3.05) is 5.32 Å². The SMILES string of the molecule is Cc1ccc(-c2cn(CCc3nnc4cc(-c5ccnc(Nc6ccnn6C)n5)ccn34)nn2)cc1. The van der Waals surface area contributed by atoms with Gasteiger partial charge >= 0.3 is 0 Å². The number of nitrogens with one attached hydrogen (secondary N) is 1. The molecule has 0 amide bonds. The maximum atomic E-state index is 4.64. The van der Waals surface area contributed by atoms with Crippen molar-refractivity contribution in [3.63, 3.8) is 0 Å². The third-order valence-electron chi connectivity index (χ3n) is 5.94. The first-order valence-electron chi connectivity index (χ1n) is 11.5. The van der Waals surface area contributed by atoms with Gasteiger partial charge in [-0.2, -0.15) is 5.10 Å². The molecule has 0 aliphatic heterocycles. The summed E-state index contributed by atoms with van der Waals surface area (Å²) in [6, 6.07) is 16.0. The summed E-state index contributed by atoms with van der Waals surface area (Å²) in [7, 11) is 1.86. The van der Waals surface area contributed by atoms with Crippen LogP contribution in [-0.2, 0) is 20.0 Å². The average Bonchev–Trinajstić information content (AvgIpc) is 3.64. The molecule has 0 spiro atoms. The van der Waals surface area contributed by atoms with E-state index in [2.05, 4.69) is 72.1 Å². The van der Waals surface area contributed by atoms with Crippen molar-refractivity contribution >= 4 is 17.4 Å². The van der Waals surface area contributed by atoms with Gasteiger partial charge in [0.05, 0.1) is 18.1 Å². The fourth-order valence-electron chi connectivity index (χ4n) is 3.94. The number of pyridine rings is 1. The lowest BCUT2D eigenvalue weighted by atomic mass is 10.1. The Hall–Kier alpha value is -4.93. The Morgan fingerprint density at radius 1 is 0.889 bits per heavy atom. The molecule has 0 saturated carbocycles. The second-order valence-electron chi connectivity index (χ2n) is 8.47. The summed E-state index contributed by atoms with van der Waals surface area (Å²) < 4.78 is 5.54. The molecule has 0 bridgehead atoms. The number of anilines is 2. The first-order chi connectivity index (χ1) is 17.6. The fourth-order valence-corrected chi connectivity index (χ4v) is 3.94. The summed E-state index contributed by atoms with van der Waals surface area (Å²) in [5, 5.41) is 24.7. The Labute approximate surface area is 206 Å². The Morgan fingerprint density at radius 2 is 1.78 bits per heavy atom. The van der Waals surface area contributed by atoms with E-state index in [1.807, 2.05) is 52.8 Å². The molecule has 0 saturated heterocycles. The zero-order valence-electron chi connectivity index (χ0n) is 19.8. The summed E-state index contributed by atoms with van der Waals surface area (Å²) in [5.41, 5.74) is 5.59. The molecular formula is C25H23N11. The van der Waals surface area contributed by atoms with E-state index in [9.17, 15) is 0 Å². The van der Waals surface area contributed by atoms with Crippen LogP contribution in [0.1, 0.15) is 11.4 Å².